The summed E-state index contributed by atoms with van der Waals surface area (Å²) in [4.78, 5) is 73.4. The van der Waals surface area contributed by atoms with Crippen LogP contribution in [0.5, 0.6) is 0 Å². The second-order valence-corrected chi connectivity index (χ2v) is 25.0. The maximum atomic E-state index is 15.1. The van der Waals surface area contributed by atoms with E-state index in [-0.39, 0.29) is 116 Å². The molecule has 100 heavy (non-hydrogen) atoms. The number of benzene rings is 6. The highest BCUT2D eigenvalue weighted by molar-refractivity contribution is 6.05. The Morgan fingerprint density at radius 1 is 0.410 bits per heavy atom. The number of nitrogens with zero attached hydrogens (tertiary/aromatic N) is 6. The molecule has 0 bridgehead atoms. The lowest BCUT2D eigenvalue weighted by atomic mass is 10.0. The molecule has 3 fully saturated rings. The van der Waals surface area contributed by atoms with Crippen LogP contribution in [0.15, 0.2) is 103 Å². The third kappa shape index (κ3) is 15.3. The second-order valence-electron chi connectivity index (χ2n) is 25.0. The number of aryl methyl sites for hydroxylation is 3. The van der Waals surface area contributed by atoms with Crippen LogP contribution in [0.25, 0.3) is 33.8 Å². The maximum absolute atomic E-state index is 15.1. The number of amides is 6. The van der Waals surface area contributed by atoms with Gasteiger partial charge in [-0.25, -0.2) is 44.8 Å². The van der Waals surface area contributed by atoms with Crippen molar-refractivity contribution < 1.29 is 59.5 Å². The first-order valence-electron chi connectivity index (χ1n) is 32.4. The zero-order valence-electron chi connectivity index (χ0n) is 54.9. The van der Waals surface area contributed by atoms with Crippen LogP contribution in [0.3, 0.4) is 0 Å². The molecule has 21 nitrogen and oxygen atoms in total. The van der Waals surface area contributed by atoms with Crippen molar-refractivity contribution in [2.24, 2.45) is 17.2 Å². The minimum absolute atomic E-state index is 0.000621. The number of nitrogen functional groups attached to an aromatic ring is 3. The van der Waals surface area contributed by atoms with Gasteiger partial charge in [0.2, 0.25) is 0 Å². The van der Waals surface area contributed by atoms with Gasteiger partial charge in [0, 0.05) is 58.6 Å². The molecule has 3 saturated carbocycles. The zero-order chi connectivity index (χ0) is 72.0. The van der Waals surface area contributed by atoms with Crippen LogP contribution < -0.4 is 50.4 Å². The molecule has 6 amide bonds. The number of aromatic nitrogens is 6. The van der Waals surface area contributed by atoms with E-state index in [1.165, 1.54) is 26.2 Å². The van der Waals surface area contributed by atoms with E-state index < -0.39 is 87.9 Å². The highest BCUT2D eigenvalue weighted by atomic mass is 19.2. The van der Waals surface area contributed by atoms with E-state index in [9.17, 15) is 50.7 Å². The van der Waals surface area contributed by atoms with Gasteiger partial charge in [-0.3, -0.25) is 28.8 Å². The van der Waals surface area contributed by atoms with E-state index in [4.69, 9.17) is 34.4 Å². The highest BCUT2D eigenvalue weighted by Crippen LogP contribution is 2.40. The number of primary amides is 3. The van der Waals surface area contributed by atoms with E-state index in [1.54, 1.807) is 63.2 Å². The molecular weight excluding hydrogens is 1300 g/mol. The first kappa shape index (κ1) is 71.5. The van der Waals surface area contributed by atoms with Gasteiger partial charge in [-0.05, 0) is 142 Å². The number of hydrogen-bond donors (Lipinski definition) is 9. The standard InChI is InChI=1S/C24H24F3N5O2.2C24H25F2N5O2/c1-12-6-7-14(25)10-16(12)24(34)30-11-17-18(26)8-13(9-19(17)27)21-20(23(29)33)22(28)32(31-21)15-4-2-3-5-15;1-13-6-2-5-9-16(13)24(33)29-12-17-18(25)10-14(11-19(17)26)21-20(23(28)32)22(27)31(30-21)15-7-3-4-8-15;1-13-6-2-5-9-16(13)24(33)29-12-14-10-17(25)19(18(26)11-14)21-20(23(28)32)22(27)31(30-21)15-7-3-4-8-15/h6-10,15H,2-5,11,28H2,1H3,(H2,29,33)(H,30,34);2*2,5-6,9-11,15H,3-4,7-8,12,27H2,1H3,(H2,28,32)(H,29,33). The van der Waals surface area contributed by atoms with Crippen molar-refractivity contribution in [2.75, 3.05) is 17.2 Å². The zero-order valence-corrected chi connectivity index (χ0v) is 54.9. The molecule has 0 atom stereocenters. The van der Waals surface area contributed by atoms with Crippen LogP contribution in [0.4, 0.5) is 48.2 Å². The molecule has 12 rings (SSSR count). The van der Waals surface area contributed by atoms with E-state index in [0.29, 0.717) is 16.7 Å². The smallest absolute Gasteiger partial charge is 0.254 e. The van der Waals surface area contributed by atoms with Crippen molar-refractivity contribution in [3.63, 3.8) is 0 Å². The highest BCUT2D eigenvalue weighted by Gasteiger charge is 2.33. The minimum Gasteiger partial charge on any atom is -0.383 e. The lowest BCUT2D eigenvalue weighted by Crippen LogP contribution is -2.25. The number of nitrogens with two attached hydrogens (primary N) is 6. The summed E-state index contributed by atoms with van der Waals surface area (Å²) in [6, 6.07) is 24.0. The summed E-state index contributed by atoms with van der Waals surface area (Å²) in [6.07, 6.45) is 11.0. The molecular formula is C72H74F7N15O6. The minimum atomic E-state index is -0.948. The molecule has 0 aliphatic heterocycles. The SMILES string of the molecule is Cc1ccc(F)cc1C(=O)NCc1c(F)cc(-c2nn(C3CCCC3)c(N)c2C(N)=O)cc1F.Cc1ccccc1C(=O)NCc1c(F)cc(-c2nn(C3CCCC3)c(N)c2C(N)=O)cc1F.Cc1ccccc1C(=O)NCc1cc(F)c(-c2nn(C3CCCC3)c(N)c2C(N)=O)c(F)c1. The third-order valence-electron chi connectivity index (χ3n) is 18.3. The predicted molar refractivity (Wildman–Crippen MR) is 361 cm³/mol. The van der Waals surface area contributed by atoms with Crippen LogP contribution in [0.1, 0.15) is 191 Å². The first-order chi connectivity index (χ1) is 47.7. The van der Waals surface area contributed by atoms with Crippen LogP contribution >= 0.6 is 0 Å². The maximum Gasteiger partial charge on any atom is 0.254 e. The average Bonchev–Trinajstić information content (AvgIpc) is 1.62. The number of rotatable bonds is 18. The Balaban J connectivity index is 0.000000162. The molecule has 28 heteroatoms. The molecule has 9 aromatic rings. The van der Waals surface area contributed by atoms with Gasteiger partial charge in [-0.2, -0.15) is 15.3 Å². The van der Waals surface area contributed by atoms with Crippen molar-refractivity contribution in [3.8, 4) is 33.8 Å². The van der Waals surface area contributed by atoms with Crippen LogP contribution in [0.2, 0.25) is 0 Å². The number of halogens is 7. The van der Waals surface area contributed by atoms with Crippen molar-refractivity contribution in [1.29, 1.82) is 0 Å². The van der Waals surface area contributed by atoms with Gasteiger partial charge in [0.1, 0.15) is 91.9 Å². The molecule has 3 aromatic heterocycles. The van der Waals surface area contributed by atoms with E-state index in [2.05, 4.69) is 31.2 Å². The van der Waals surface area contributed by atoms with Gasteiger partial charge in [0.15, 0.2) is 0 Å². The summed E-state index contributed by atoms with van der Waals surface area (Å²) >= 11 is 0. The third-order valence-corrected chi connectivity index (χ3v) is 18.3. The van der Waals surface area contributed by atoms with E-state index in [0.717, 1.165) is 131 Å². The summed E-state index contributed by atoms with van der Waals surface area (Å²) in [5.74, 6) is -9.94. The Morgan fingerprint density at radius 2 is 0.730 bits per heavy atom. The van der Waals surface area contributed by atoms with Gasteiger partial charge in [-0.15, -0.1) is 0 Å². The Labute approximate surface area is 569 Å². The van der Waals surface area contributed by atoms with Gasteiger partial charge < -0.3 is 50.4 Å². The van der Waals surface area contributed by atoms with E-state index in [1.807, 2.05) is 6.07 Å². The Bertz CT molecular complexity index is 4590. The van der Waals surface area contributed by atoms with Crippen LogP contribution in [0, 0.1) is 61.5 Å². The molecule has 3 aliphatic carbocycles. The fourth-order valence-electron chi connectivity index (χ4n) is 13.0. The first-order valence-corrected chi connectivity index (χ1v) is 32.4. The van der Waals surface area contributed by atoms with E-state index >= 15 is 8.78 Å². The summed E-state index contributed by atoms with van der Waals surface area (Å²) in [5.41, 5.74) is 36.5. The summed E-state index contributed by atoms with van der Waals surface area (Å²) < 4.78 is 108. The summed E-state index contributed by atoms with van der Waals surface area (Å²) in [5, 5.41) is 20.7. The Kier molecular flexibility index (Phi) is 21.9. The van der Waals surface area contributed by atoms with Crippen molar-refractivity contribution in [1.82, 2.24) is 45.3 Å². The normalized spacial score (nSPS) is 13.9. The van der Waals surface area contributed by atoms with Crippen molar-refractivity contribution >= 4 is 52.9 Å². The molecule has 15 N–H and O–H groups in total. The topological polar surface area (TPSA) is 348 Å². The van der Waals surface area contributed by atoms with Crippen molar-refractivity contribution in [3.05, 3.63) is 211 Å². The fraction of sp³-hybridized carbons (Fsp3) is 0.292. The molecule has 0 spiro atoms. The van der Waals surface area contributed by atoms with Crippen LogP contribution in [-0.2, 0) is 19.6 Å². The summed E-state index contributed by atoms with van der Waals surface area (Å²) in [7, 11) is 0. The number of carbonyl (C=O) groups excluding carboxylic acids is 6. The largest absolute Gasteiger partial charge is 0.383 e. The Hall–Kier alpha value is -11.3. The fourth-order valence-corrected chi connectivity index (χ4v) is 13.0. The lowest BCUT2D eigenvalue weighted by molar-refractivity contribution is 0.0941. The molecule has 522 valence electrons. The Morgan fingerprint density at radius 3 is 1.09 bits per heavy atom. The molecule has 3 heterocycles. The monoisotopic (exact) mass is 1380 g/mol. The molecule has 0 saturated heterocycles. The number of carbonyl (C=O) groups is 6. The number of nitrogens with one attached hydrogen (secondary N) is 3. The predicted octanol–water partition coefficient (Wildman–Crippen LogP) is 11.7. The van der Waals surface area contributed by atoms with Crippen LogP contribution in [-0.4, -0.2) is 64.8 Å². The molecule has 3 aliphatic rings. The number of anilines is 3. The van der Waals surface area contributed by atoms with Gasteiger partial charge in [0.05, 0.1) is 23.7 Å². The summed E-state index contributed by atoms with van der Waals surface area (Å²) in [6.45, 7) is 4.31. The molecule has 0 unspecified atom stereocenters. The molecule has 6 aromatic carbocycles. The average molecular weight is 1380 g/mol. The number of hydrogen-bond acceptors (Lipinski definition) is 12. The quantitative estimate of drug-likeness (QED) is 0.0362. The van der Waals surface area contributed by atoms with Gasteiger partial charge in [-0.1, -0.05) is 81.0 Å². The molecule has 0 radical (unpaired) electrons. The second kappa shape index (κ2) is 30.6. The van der Waals surface area contributed by atoms with Crippen molar-refractivity contribution in [2.45, 2.75) is 136 Å². The van der Waals surface area contributed by atoms with Gasteiger partial charge >= 0.3 is 0 Å². The lowest BCUT2D eigenvalue weighted by Gasteiger charge is -2.11. The van der Waals surface area contributed by atoms with Gasteiger partial charge in [0.25, 0.3) is 35.4 Å².